The third kappa shape index (κ3) is 2.41. The van der Waals surface area contributed by atoms with Gasteiger partial charge in [0.25, 0.3) is 0 Å². The topological polar surface area (TPSA) is 26.9 Å². The molecule has 0 N–H and O–H groups in total. The molecule has 0 atom stereocenters. The van der Waals surface area contributed by atoms with Gasteiger partial charge in [0.2, 0.25) is 0 Å². The van der Waals surface area contributed by atoms with E-state index in [0.717, 1.165) is 26.6 Å². The highest BCUT2D eigenvalue weighted by atomic mass is 16.5. The molecule has 1 aromatic heterocycles. The summed E-state index contributed by atoms with van der Waals surface area (Å²) in [6.45, 7) is 0. The van der Waals surface area contributed by atoms with E-state index < -0.39 is 0 Å². The molecule has 0 aliphatic rings. The minimum Gasteiger partial charge on any atom is -0.619 e. The van der Waals surface area contributed by atoms with E-state index >= 15 is 0 Å². The number of hydrogen-bond donors (Lipinski definition) is 0. The zero-order valence-electron chi connectivity index (χ0n) is 10.2. The van der Waals surface area contributed by atoms with Crippen LogP contribution in [0, 0.1) is 17.0 Å². The van der Waals surface area contributed by atoms with Crippen LogP contribution < -0.4 is 4.73 Å². The van der Waals surface area contributed by atoms with E-state index in [1.165, 1.54) is 6.20 Å². The molecule has 1 heterocycles. The second kappa shape index (κ2) is 4.83. The second-order valence-electron chi connectivity index (χ2n) is 4.23. The van der Waals surface area contributed by atoms with Gasteiger partial charge in [-0.3, -0.25) is 0 Å². The van der Waals surface area contributed by atoms with Crippen LogP contribution in [0.15, 0.2) is 67.0 Å². The molecule has 0 amide bonds. The molecule has 2 aromatic carbocycles. The molecule has 0 radical (unpaired) electrons. The minimum absolute atomic E-state index is 0.802. The molecule has 3 aromatic rings. The van der Waals surface area contributed by atoms with E-state index in [9.17, 15) is 5.21 Å². The van der Waals surface area contributed by atoms with Crippen LogP contribution in [0.3, 0.4) is 0 Å². The third-order valence-electron chi connectivity index (χ3n) is 2.91. The molecule has 2 nitrogen and oxygen atoms in total. The molecular weight excluding hydrogens is 234 g/mol. The fraction of sp³-hybridized carbons (Fsp3) is 0. The van der Waals surface area contributed by atoms with E-state index in [-0.39, 0.29) is 0 Å². The van der Waals surface area contributed by atoms with Crippen LogP contribution in [0.25, 0.3) is 10.8 Å². The highest BCUT2D eigenvalue weighted by Gasteiger charge is 2.01. The summed E-state index contributed by atoms with van der Waals surface area (Å²) in [7, 11) is 0. The lowest BCUT2D eigenvalue weighted by Gasteiger charge is -2.00. The van der Waals surface area contributed by atoms with Gasteiger partial charge in [0.15, 0.2) is 12.4 Å². The van der Waals surface area contributed by atoms with Crippen LogP contribution in [0.1, 0.15) is 11.1 Å². The monoisotopic (exact) mass is 245 g/mol. The van der Waals surface area contributed by atoms with Gasteiger partial charge in [-0.15, -0.1) is 0 Å². The number of fused-ring (bicyclic) bond motifs is 1. The predicted octanol–water partition coefficient (Wildman–Crippen LogP) is 2.87. The Morgan fingerprint density at radius 3 is 2.53 bits per heavy atom. The summed E-state index contributed by atoms with van der Waals surface area (Å²) >= 11 is 0. The Kier molecular flexibility index (Phi) is 2.88. The summed E-state index contributed by atoms with van der Waals surface area (Å²) in [5.41, 5.74) is 1.91. The van der Waals surface area contributed by atoms with Crippen LogP contribution >= 0.6 is 0 Å². The summed E-state index contributed by atoms with van der Waals surface area (Å²) in [6.07, 6.45) is 3.05. The summed E-state index contributed by atoms with van der Waals surface area (Å²) < 4.78 is 0.802. The maximum absolute atomic E-state index is 11.3. The van der Waals surface area contributed by atoms with Crippen molar-refractivity contribution in [1.82, 2.24) is 0 Å². The first-order chi connectivity index (χ1) is 9.33. The first kappa shape index (κ1) is 11.3. The van der Waals surface area contributed by atoms with Crippen LogP contribution in [0.5, 0.6) is 0 Å². The first-order valence-electron chi connectivity index (χ1n) is 6.01. The average Bonchev–Trinajstić information content (AvgIpc) is 2.45. The first-order valence-corrected chi connectivity index (χ1v) is 6.01. The van der Waals surface area contributed by atoms with Crippen molar-refractivity contribution >= 4 is 10.8 Å². The lowest BCUT2D eigenvalue weighted by Crippen LogP contribution is -2.23. The molecule has 0 aliphatic heterocycles. The van der Waals surface area contributed by atoms with Gasteiger partial charge in [-0.25, -0.2) is 0 Å². The molecule has 0 spiro atoms. The van der Waals surface area contributed by atoms with Crippen LogP contribution in [0.2, 0.25) is 0 Å². The van der Waals surface area contributed by atoms with E-state index in [1.807, 2.05) is 48.5 Å². The van der Waals surface area contributed by atoms with Crippen LogP contribution in [-0.2, 0) is 0 Å². The average molecular weight is 245 g/mol. The molecule has 2 heteroatoms. The van der Waals surface area contributed by atoms with Crippen molar-refractivity contribution < 1.29 is 4.73 Å². The highest BCUT2D eigenvalue weighted by molar-refractivity contribution is 5.86. The van der Waals surface area contributed by atoms with Crippen LogP contribution in [-0.4, -0.2) is 0 Å². The molecule has 0 saturated carbocycles. The van der Waals surface area contributed by atoms with Gasteiger partial charge >= 0.3 is 0 Å². The standard InChI is InChI=1S/C17H11NO/c19-18-12-11-17-15(7-4-8-16(17)13-18)10-9-14-5-2-1-3-6-14/h1-8,11-13H. The van der Waals surface area contributed by atoms with Gasteiger partial charge in [-0.05, 0) is 24.3 Å². The number of hydrogen-bond acceptors (Lipinski definition) is 1. The number of benzene rings is 2. The molecule has 3 rings (SSSR count). The smallest absolute Gasteiger partial charge is 0.188 e. The highest BCUT2D eigenvalue weighted by Crippen LogP contribution is 2.15. The van der Waals surface area contributed by atoms with E-state index in [1.54, 1.807) is 12.3 Å². The van der Waals surface area contributed by atoms with Crippen molar-refractivity contribution in [3.05, 3.63) is 83.3 Å². The quantitative estimate of drug-likeness (QED) is 0.340. The molecule has 0 bridgehead atoms. The molecular formula is C17H11NO. The van der Waals surface area contributed by atoms with E-state index in [2.05, 4.69) is 11.8 Å². The van der Waals surface area contributed by atoms with Gasteiger partial charge in [0.05, 0.1) is 0 Å². The molecule has 0 aliphatic carbocycles. The van der Waals surface area contributed by atoms with Crippen LogP contribution in [0.4, 0.5) is 0 Å². The van der Waals surface area contributed by atoms with Crippen molar-refractivity contribution in [2.24, 2.45) is 0 Å². The van der Waals surface area contributed by atoms with Gasteiger partial charge in [-0.1, -0.05) is 36.1 Å². The van der Waals surface area contributed by atoms with Crippen molar-refractivity contribution in [1.29, 1.82) is 0 Å². The van der Waals surface area contributed by atoms with Gasteiger partial charge in [0, 0.05) is 28.0 Å². The Labute approximate surface area is 111 Å². The summed E-state index contributed by atoms with van der Waals surface area (Å²) in [5, 5.41) is 13.2. The molecule has 90 valence electrons. The summed E-state index contributed by atoms with van der Waals surface area (Å²) in [4.78, 5) is 0. The second-order valence-corrected chi connectivity index (χ2v) is 4.23. The van der Waals surface area contributed by atoms with Crippen molar-refractivity contribution in [2.75, 3.05) is 0 Å². The van der Waals surface area contributed by atoms with Gasteiger partial charge in [0.1, 0.15) is 0 Å². The molecule has 0 fully saturated rings. The Morgan fingerprint density at radius 2 is 1.68 bits per heavy atom. The maximum atomic E-state index is 11.3. The number of pyridine rings is 1. The van der Waals surface area contributed by atoms with Crippen molar-refractivity contribution in [3.63, 3.8) is 0 Å². The fourth-order valence-corrected chi connectivity index (χ4v) is 1.98. The normalized spacial score (nSPS) is 9.89. The Hall–Kier alpha value is -2.79. The zero-order chi connectivity index (χ0) is 13.1. The summed E-state index contributed by atoms with van der Waals surface area (Å²) in [6, 6.07) is 17.4. The number of rotatable bonds is 0. The Bertz CT molecular complexity index is 782. The molecule has 0 saturated heterocycles. The molecule has 19 heavy (non-hydrogen) atoms. The lowest BCUT2D eigenvalue weighted by molar-refractivity contribution is -0.603. The predicted molar refractivity (Wildman–Crippen MR) is 75.3 cm³/mol. The fourth-order valence-electron chi connectivity index (χ4n) is 1.98. The van der Waals surface area contributed by atoms with Crippen molar-refractivity contribution in [2.45, 2.75) is 0 Å². The van der Waals surface area contributed by atoms with E-state index in [0.29, 0.717) is 0 Å². The number of nitrogens with zero attached hydrogens (tertiary/aromatic N) is 1. The third-order valence-corrected chi connectivity index (χ3v) is 2.91. The Balaban J connectivity index is 2.09. The largest absolute Gasteiger partial charge is 0.619 e. The lowest BCUT2D eigenvalue weighted by atomic mass is 10.1. The zero-order valence-corrected chi connectivity index (χ0v) is 10.2. The van der Waals surface area contributed by atoms with Gasteiger partial charge < -0.3 is 5.21 Å². The summed E-state index contributed by atoms with van der Waals surface area (Å²) in [5.74, 6) is 6.29. The minimum atomic E-state index is 0.802. The van der Waals surface area contributed by atoms with E-state index in [4.69, 9.17) is 0 Å². The van der Waals surface area contributed by atoms with Gasteiger partial charge in [-0.2, -0.15) is 4.73 Å². The number of aromatic nitrogens is 1. The molecule has 0 unspecified atom stereocenters. The van der Waals surface area contributed by atoms with Crippen molar-refractivity contribution in [3.8, 4) is 11.8 Å². The Morgan fingerprint density at radius 1 is 0.842 bits per heavy atom. The SMILES string of the molecule is [O-][n+]1ccc2c(C#Cc3ccccc3)cccc2c1. The maximum Gasteiger partial charge on any atom is 0.188 e.